The Hall–Kier alpha value is -0.890. The number of carbonyl (C=O) groups is 1. The van der Waals surface area contributed by atoms with Gasteiger partial charge in [0.05, 0.1) is 19.1 Å². The minimum absolute atomic E-state index is 0.270. The molecule has 6 N–H and O–H groups in total. The summed E-state index contributed by atoms with van der Waals surface area (Å²) in [5.74, 6) is -1.08. The van der Waals surface area contributed by atoms with Gasteiger partial charge in [-0.2, -0.15) is 0 Å². The average Bonchev–Trinajstić information content (AvgIpc) is 2.66. The highest BCUT2D eigenvalue weighted by molar-refractivity contribution is 5.72. The van der Waals surface area contributed by atoms with Gasteiger partial charge in [0.2, 0.25) is 6.29 Å². The summed E-state index contributed by atoms with van der Waals surface area (Å²) < 4.78 is 20.7. The van der Waals surface area contributed by atoms with Crippen molar-refractivity contribution >= 4 is 5.97 Å². The number of hydrogen-bond acceptors (Lipinski definition) is 11. The van der Waals surface area contributed by atoms with Crippen LogP contribution in [0.2, 0.25) is 0 Å². The molecular formula is C16H28O11. The lowest BCUT2D eigenvalue weighted by atomic mass is 9.99. The third kappa shape index (κ3) is 5.13. The molecule has 2 aliphatic rings. The normalized spacial score (nSPS) is 43.9. The Morgan fingerprint density at radius 3 is 2.26 bits per heavy atom. The highest BCUT2D eigenvalue weighted by Gasteiger charge is 2.47. The fraction of sp³-hybridized carbons (Fsp3) is 0.938. The van der Waals surface area contributed by atoms with Gasteiger partial charge in [-0.3, -0.25) is 4.79 Å². The predicted octanol–water partition coefficient (Wildman–Crippen LogP) is -3.16. The van der Waals surface area contributed by atoms with E-state index < -0.39 is 73.8 Å². The smallest absolute Gasteiger partial charge is 0.311 e. The summed E-state index contributed by atoms with van der Waals surface area (Å²) in [4.78, 5) is 11.9. The van der Waals surface area contributed by atoms with Crippen LogP contribution in [0.15, 0.2) is 0 Å². The maximum Gasteiger partial charge on any atom is 0.311 e. The largest absolute Gasteiger partial charge is 0.433 e. The van der Waals surface area contributed by atoms with E-state index in [1.807, 2.05) is 0 Å². The number of rotatable bonds is 6. The van der Waals surface area contributed by atoms with Crippen LogP contribution in [0, 0.1) is 5.92 Å². The van der Waals surface area contributed by atoms with E-state index in [0.717, 1.165) is 0 Å². The summed E-state index contributed by atoms with van der Waals surface area (Å²) in [5.41, 5.74) is 0. The topological polar surface area (TPSA) is 175 Å². The first-order chi connectivity index (χ1) is 12.7. The number of aliphatic hydroxyl groups is 6. The van der Waals surface area contributed by atoms with Gasteiger partial charge in [-0.05, 0) is 6.42 Å². The zero-order valence-corrected chi connectivity index (χ0v) is 15.1. The van der Waals surface area contributed by atoms with E-state index in [1.165, 1.54) is 0 Å². The van der Waals surface area contributed by atoms with Crippen LogP contribution in [-0.2, 0) is 23.7 Å². The number of hydrogen-bond donors (Lipinski definition) is 6. The van der Waals surface area contributed by atoms with Crippen LogP contribution in [0.3, 0.4) is 0 Å². The first-order valence-corrected chi connectivity index (χ1v) is 8.84. The Balaban J connectivity index is 1.96. The van der Waals surface area contributed by atoms with E-state index in [2.05, 4.69) is 0 Å². The molecule has 27 heavy (non-hydrogen) atoms. The van der Waals surface area contributed by atoms with Crippen LogP contribution in [0.25, 0.3) is 0 Å². The molecule has 2 fully saturated rings. The zero-order valence-electron chi connectivity index (χ0n) is 15.1. The minimum atomic E-state index is -1.66. The van der Waals surface area contributed by atoms with Gasteiger partial charge in [-0.25, -0.2) is 0 Å². The molecule has 2 saturated heterocycles. The molecule has 0 unspecified atom stereocenters. The molecule has 0 saturated carbocycles. The SMILES string of the molecule is CC[C@@H](C)C(=O)O[C@@H]1O[C@H](CO[C@@H]2OC[C@H](O)[C@H](O)[C@H]2O)[C@@H](O)[C@H](O)[C@H]1O. The van der Waals surface area contributed by atoms with Gasteiger partial charge in [0.25, 0.3) is 0 Å². The second kappa shape index (κ2) is 9.54. The summed E-state index contributed by atoms with van der Waals surface area (Å²) in [6.07, 6.45) is -12.7. The predicted molar refractivity (Wildman–Crippen MR) is 85.9 cm³/mol. The summed E-state index contributed by atoms with van der Waals surface area (Å²) in [6, 6.07) is 0. The van der Waals surface area contributed by atoms with E-state index in [1.54, 1.807) is 13.8 Å². The molecule has 0 radical (unpaired) electrons. The fourth-order valence-corrected chi connectivity index (χ4v) is 2.66. The number of carbonyl (C=O) groups excluding carboxylic acids is 1. The Labute approximate surface area is 156 Å². The lowest BCUT2D eigenvalue weighted by molar-refractivity contribution is -0.315. The Morgan fingerprint density at radius 1 is 1.00 bits per heavy atom. The Kier molecular flexibility index (Phi) is 7.92. The van der Waals surface area contributed by atoms with Crippen LogP contribution >= 0.6 is 0 Å². The summed E-state index contributed by atoms with van der Waals surface area (Å²) in [6.45, 7) is 2.73. The van der Waals surface area contributed by atoms with Crippen LogP contribution in [-0.4, -0.2) is 105 Å². The standard InChI is InChI=1S/C16H28O11/c1-3-6(2)14(23)27-16-13(22)11(20)10(19)8(26-16)5-25-15-12(21)9(18)7(17)4-24-15/h6-13,15-22H,3-5H2,1-2H3/t6-,7+,8-,9+,10-,11+,12-,13-,15+,16+/m1/s1. The van der Waals surface area contributed by atoms with Crippen molar-refractivity contribution in [3.63, 3.8) is 0 Å². The molecule has 0 spiro atoms. The summed E-state index contributed by atoms with van der Waals surface area (Å²) in [7, 11) is 0. The van der Waals surface area contributed by atoms with E-state index in [4.69, 9.17) is 18.9 Å². The van der Waals surface area contributed by atoms with Crippen molar-refractivity contribution in [3.05, 3.63) is 0 Å². The lowest BCUT2D eigenvalue weighted by Gasteiger charge is -2.41. The number of ether oxygens (including phenoxy) is 4. The van der Waals surface area contributed by atoms with Gasteiger partial charge in [-0.1, -0.05) is 13.8 Å². The number of aliphatic hydroxyl groups excluding tert-OH is 6. The van der Waals surface area contributed by atoms with Gasteiger partial charge in [0.1, 0.15) is 42.7 Å². The molecule has 0 aromatic heterocycles. The molecule has 2 heterocycles. The van der Waals surface area contributed by atoms with E-state index in [-0.39, 0.29) is 6.61 Å². The molecule has 0 aromatic carbocycles. The van der Waals surface area contributed by atoms with Gasteiger partial charge < -0.3 is 49.6 Å². The van der Waals surface area contributed by atoms with Crippen molar-refractivity contribution in [3.8, 4) is 0 Å². The fourth-order valence-electron chi connectivity index (χ4n) is 2.66. The van der Waals surface area contributed by atoms with Crippen molar-refractivity contribution in [1.29, 1.82) is 0 Å². The maximum absolute atomic E-state index is 11.9. The summed E-state index contributed by atoms with van der Waals surface area (Å²) >= 11 is 0. The van der Waals surface area contributed by atoms with Gasteiger partial charge >= 0.3 is 5.97 Å². The highest BCUT2D eigenvalue weighted by Crippen LogP contribution is 2.25. The molecular weight excluding hydrogens is 368 g/mol. The third-order valence-corrected chi connectivity index (χ3v) is 4.79. The van der Waals surface area contributed by atoms with Crippen LogP contribution in [0.1, 0.15) is 20.3 Å². The molecule has 158 valence electrons. The van der Waals surface area contributed by atoms with Crippen LogP contribution < -0.4 is 0 Å². The zero-order chi connectivity index (χ0) is 20.3. The van der Waals surface area contributed by atoms with E-state index >= 15 is 0 Å². The van der Waals surface area contributed by atoms with E-state index in [9.17, 15) is 35.4 Å². The Bertz CT molecular complexity index is 489. The van der Waals surface area contributed by atoms with Crippen LogP contribution in [0.5, 0.6) is 0 Å². The molecule has 2 aliphatic heterocycles. The highest BCUT2D eigenvalue weighted by atomic mass is 16.7. The molecule has 0 aliphatic carbocycles. The summed E-state index contributed by atoms with van der Waals surface area (Å²) in [5, 5.41) is 58.9. The van der Waals surface area contributed by atoms with Crippen LogP contribution in [0.4, 0.5) is 0 Å². The molecule has 0 bridgehead atoms. The molecule has 2 rings (SSSR count). The Morgan fingerprint density at radius 2 is 1.63 bits per heavy atom. The molecule has 11 nitrogen and oxygen atoms in total. The second-order valence-corrected chi connectivity index (χ2v) is 6.84. The molecule has 0 aromatic rings. The van der Waals surface area contributed by atoms with Crippen molar-refractivity contribution in [2.75, 3.05) is 13.2 Å². The number of esters is 1. The minimum Gasteiger partial charge on any atom is -0.433 e. The molecule has 10 atom stereocenters. The first kappa shape index (κ1) is 22.4. The van der Waals surface area contributed by atoms with Crippen molar-refractivity contribution in [1.82, 2.24) is 0 Å². The van der Waals surface area contributed by atoms with Gasteiger partial charge in [-0.15, -0.1) is 0 Å². The lowest BCUT2D eigenvalue weighted by Crippen LogP contribution is -2.60. The van der Waals surface area contributed by atoms with Gasteiger partial charge in [0.15, 0.2) is 6.29 Å². The average molecular weight is 396 g/mol. The van der Waals surface area contributed by atoms with Crippen molar-refractivity contribution in [2.45, 2.75) is 75.6 Å². The monoisotopic (exact) mass is 396 g/mol. The second-order valence-electron chi connectivity index (χ2n) is 6.84. The quantitative estimate of drug-likeness (QED) is 0.250. The van der Waals surface area contributed by atoms with E-state index in [0.29, 0.717) is 6.42 Å². The maximum atomic E-state index is 11.9. The molecule has 11 heteroatoms. The van der Waals surface area contributed by atoms with Crippen molar-refractivity contribution < 1.29 is 54.4 Å². The third-order valence-electron chi connectivity index (χ3n) is 4.79. The molecule has 0 amide bonds. The van der Waals surface area contributed by atoms with Gasteiger partial charge in [0, 0.05) is 0 Å². The van der Waals surface area contributed by atoms with Crippen molar-refractivity contribution in [2.24, 2.45) is 5.92 Å². The first-order valence-electron chi connectivity index (χ1n) is 8.84.